The fourth-order valence-corrected chi connectivity index (χ4v) is 5.73. The highest BCUT2D eigenvalue weighted by Crippen LogP contribution is 2.26. The van der Waals surface area contributed by atoms with E-state index in [1.165, 1.54) is 17.0 Å². The minimum absolute atomic E-state index is 0.0766. The lowest BCUT2D eigenvalue weighted by Crippen LogP contribution is -2.52. The summed E-state index contributed by atoms with van der Waals surface area (Å²) in [6, 6.07) is 21.5. The topological polar surface area (TPSA) is 96.0 Å². The van der Waals surface area contributed by atoms with Gasteiger partial charge >= 0.3 is 0 Å². The molecule has 3 rings (SSSR count). The monoisotopic (exact) mass is 565 g/mol. The number of nitrogens with zero attached hydrogens (tertiary/aromatic N) is 2. The van der Waals surface area contributed by atoms with Gasteiger partial charge in [-0.2, -0.15) is 0 Å². The molecule has 1 atom stereocenters. The van der Waals surface area contributed by atoms with Gasteiger partial charge < -0.3 is 15.0 Å². The third-order valence-electron chi connectivity index (χ3n) is 6.48. The van der Waals surface area contributed by atoms with E-state index in [0.29, 0.717) is 24.4 Å². The molecule has 8 nitrogen and oxygen atoms in total. The maximum absolute atomic E-state index is 14.1. The van der Waals surface area contributed by atoms with Crippen LogP contribution < -0.4 is 14.4 Å². The Kier molecular flexibility index (Phi) is 10.7. The number of benzene rings is 3. The first kappa shape index (κ1) is 30.7. The average Bonchev–Trinajstić information content (AvgIpc) is 2.95. The predicted molar refractivity (Wildman–Crippen MR) is 158 cm³/mol. The number of anilines is 1. The highest BCUT2D eigenvalue weighted by molar-refractivity contribution is 7.92. The zero-order valence-corrected chi connectivity index (χ0v) is 24.6. The van der Waals surface area contributed by atoms with Crippen molar-refractivity contribution in [3.63, 3.8) is 0 Å². The van der Waals surface area contributed by atoms with Crippen LogP contribution >= 0.6 is 0 Å². The molecular weight excluding hydrogens is 526 g/mol. The summed E-state index contributed by atoms with van der Waals surface area (Å²) in [7, 11) is -2.51. The molecule has 3 aromatic rings. The van der Waals surface area contributed by atoms with E-state index in [1.54, 1.807) is 55.6 Å². The summed E-state index contributed by atoms with van der Waals surface area (Å²) in [6.07, 6.45) is 0.363. The number of carbonyl (C=O) groups is 2. The van der Waals surface area contributed by atoms with E-state index in [0.717, 1.165) is 15.4 Å². The summed E-state index contributed by atoms with van der Waals surface area (Å²) in [5.41, 5.74) is 2.02. The van der Waals surface area contributed by atoms with Crippen LogP contribution in [-0.2, 0) is 26.2 Å². The molecule has 3 aromatic carbocycles. The molecule has 0 aliphatic rings. The molecule has 2 amide bonds. The van der Waals surface area contributed by atoms with Crippen molar-refractivity contribution in [1.29, 1.82) is 0 Å². The molecule has 214 valence electrons. The van der Waals surface area contributed by atoms with Crippen molar-refractivity contribution in [1.82, 2.24) is 10.2 Å². The maximum Gasteiger partial charge on any atom is 0.264 e. The number of hydrogen-bond donors (Lipinski definition) is 1. The second-order valence-electron chi connectivity index (χ2n) is 10.1. The van der Waals surface area contributed by atoms with Crippen molar-refractivity contribution in [3.05, 3.63) is 90.0 Å². The van der Waals surface area contributed by atoms with Crippen molar-refractivity contribution in [2.75, 3.05) is 24.5 Å². The number of amides is 2. The summed E-state index contributed by atoms with van der Waals surface area (Å²) in [4.78, 5) is 28.9. The number of methoxy groups -OCH3 is 1. The van der Waals surface area contributed by atoms with Gasteiger partial charge in [0.2, 0.25) is 11.8 Å². The van der Waals surface area contributed by atoms with Crippen molar-refractivity contribution >= 4 is 27.5 Å². The van der Waals surface area contributed by atoms with Crippen LogP contribution in [0.4, 0.5) is 5.69 Å². The number of sulfonamides is 1. The van der Waals surface area contributed by atoms with Gasteiger partial charge in [0, 0.05) is 13.1 Å². The molecule has 0 spiro atoms. The van der Waals surface area contributed by atoms with E-state index >= 15 is 0 Å². The van der Waals surface area contributed by atoms with Gasteiger partial charge in [0.25, 0.3) is 10.0 Å². The Balaban J connectivity index is 2.03. The fraction of sp³-hybridized carbons (Fsp3) is 0.355. The molecule has 0 radical (unpaired) electrons. The normalized spacial score (nSPS) is 12.1. The average molecular weight is 566 g/mol. The van der Waals surface area contributed by atoms with Crippen LogP contribution in [0.15, 0.2) is 83.8 Å². The van der Waals surface area contributed by atoms with Crippen LogP contribution in [0.1, 0.15) is 38.3 Å². The summed E-state index contributed by atoms with van der Waals surface area (Å²) in [5, 5.41) is 2.94. The molecule has 0 saturated heterocycles. The third-order valence-corrected chi connectivity index (χ3v) is 8.27. The number of aryl methyl sites for hydroxylation is 1. The maximum atomic E-state index is 14.1. The molecular formula is C31H39N3O5S. The number of hydrogen-bond acceptors (Lipinski definition) is 5. The van der Waals surface area contributed by atoms with Gasteiger partial charge in [-0.1, -0.05) is 63.2 Å². The standard InChI is InChI=1S/C31H39N3O5S/c1-6-29(31(36)32-20-23(2)3)33(21-25-15-17-27(39-5)18-16-25)30(35)22-34(26-12-10-11-24(4)19-26)40(37,38)28-13-8-7-9-14-28/h7-19,23,29H,6,20-22H2,1-5H3,(H,32,36)/t29-/m1/s1. The molecule has 0 unspecified atom stereocenters. The van der Waals surface area contributed by atoms with E-state index < -0.39 is 28.5 Å². The Morgan fingerprint density at radius 3 is 2.20 bits per heavy atom. The summed E-state index contributed by atoms with van der Waals surface area (Å²) in [6.45, 7) is 7.82. The Hall–Kier alpha value is -3.85. The van der Waals surface area contributed by atoms with Crippen LogP contribution in [-0.4, -0.2) is 51.4 Å². The van der Waals surface area contributed by atoms with Gasteiger partial charge in [-0.3, -0.25) is 13.9 Å². The Bertz CT molecular complexity index is 1380. The van der Waals surface area contributed by atoms with E-state index in [9.17, 15) is 18.0 Å². The van der Waals surface area contributed by atoms with E-state index in [-0.39, 0.29) is 23.3 Å². The van der Waals surface area contributed by atoms with Crippen LogP contribution in [0.25, 0.3) is 0 Å². The Morgan fingerprint density at radius 2 is 1.62 bits per heavy atom. The summed E-state index contributed by atoms with van der Waals surface area (Å²) < 4.78 is 34.1. The largest absolute Gasteiger partial charge is 0.497 e. The highest BCUT2D eigenvalue weighted by Gasteiger charge is 2.33. The van der Waals surface area contributed by atoms with Gasteiger partial charge in [0.05, 0.1) is 17.7 Å². The number of nitrogens with one attached hydrogen (secondary N) is 1. The lowest BCUT2D eigenvalue weighted by atomic mass is 10.1. The van der Waals surface area contributed by atoms with Crippen molar-refractivity contribution in [3.8, 4) is 5.75 Å². The Morgan fingerprint density at radius 1 is 0.950 bits per heavy atom. The summed E-state index contributed by atoms with van der Waals surface area (Å²) >= 11 is 0. The second kappa shape index (κ2) is 14.0. The van der Waals surface area contributed by atoms with Crippen molar-refractivity contribution < 1.29 is 22.7 Å². The quantitative estimate of drug-likeness (QED) is 0.322. The zero-order valence-electron chi connectivity index (χ0n) is 23.8. The molecule has 40 heavy (non-hydrogen) atoms. The van der Waals surface area contributed by atoms with Gasteiger partial charge in [0.1, 0.15) is 18.3 Å². The summed E-state index contributed by atoms with van der Waals surface area (Å²) in [5.74, 6) is 0.150. The molecule has 0 fully saturated rings. The smallest absolute Gasteiger partial charge is 0.264 e. The number of rotatable bonds is 13. The van der Waals surface area contributed by atoms with Crippen molar-refractivity contribution in [2.45, 2.75) is 51.6 Å². The lowest BCUT2D eigenvalue weighted by molar-refractivity contribution is -0.140. The molecule has 1 N–H and O–H groups in total. The first-order chi connectivity index (χ1) is 19.1. The van der Waals surface area contributed by atoms with Gasteiger partial charge in [0.15, 0.2) is 0 Å². The molecule has 9 heteroatoms. The highest BCUT2D eigenvalue weighted by atomic mass is 32.2. The molecule has 0 heterocycles. The van der Waals surface area contributed by atoms with Crippen LogP contribution in [0.3, 0.4) is 0 Å². The first-order valence-corrected chi connectivity index (χ1v) is 14.8. The van der Waals surface area contributed by atoms with E-state index in [1.807, 2.05) is 45.9 Å². The van der Waals surface area contributed by atoms with Gasteiger partial charge in [-0.05, 0) is 66.8 Å². The van der Waals surface area contributed by atoms with Crippen molar-refractivity contribution in [2.24, 2.45) is 5.92 Å². The molecule has 0 aliphatic heterocycles. The molecule has 0 saturated carbocycles. The van der Waals surface area contributed by atoms with Crippen LogP contribution in [0.5, 0.6) is 5.75 Å². The van der Waals surface area contributed by atoms with Crippen LogP contribution in [0, 0.1) is 12.8 Å². The zero-order chi connectivity index (χ0) is 29.3. The van der Waals surface area contributed by atoms with Gasteiger partial charge in [-0.15, -0.1) is 0 Å². The minimum Gasteiger partial charge on any atom is -0.497 e. The minimum atomic E-state index is -4.09. The third kappa shape index (κ3) is 7.85. The number of ether oxygens (including phenoxy) is 1. The predicted octanol–water partition coefficient (Wildman–Crippen LogP) is 4.78. The Labute approximate surface area is 238 Å². The van der Waals surface area contributed by atoms with Crippen LogP contribution in [0.2, 0.25) is 0 Å². The first-order valence-electron chi connectivity index (χ1n) is 13.4. The molecule has 0 aliphatic carbocycles. The van der Waals surface area contributed by atoms with Gasteiger partial charge in [-0.25, -0.2) is 8.42 Å². The SMILES string of the molecule is CC[C@H](C(=O)NCC(C)C)N(Cc1ccc(OC)cc1)C(=O)CN(c1cccc(C)c1)S(=O)(=O)c1ccccc1. The van der Waals surface area contributed by atoms with E-state index in [2.05, 4.69) is 5.32 Å². The lowest BCUT2D eigenvalue weighted by Gasteiger charge is -2.33. The second-order valence-corrected chi connectivity index (χ2v) is 12.0. The van der Waals surface area contributed by atoms with E-state index in [4.69, 9.17) is 4.74 Å². The molecule has 0 bridgehead atoms. The number of carbonyl (C=O) groups excluding carboxylic acids is 2. The fourth-order valence-electron chi connectivity index (χ4n) is 4.30. The molecule has 0 aromatic heterocycles.